The van der Waals surface area contributed by atoms with Gasteiger partial charge < -0.3 is 10.1 Å². The minimum absolute atomic E-state index is 0.0494. The van der Waals surface area contributed by atoms with Gasteiger partial charge in [0, 0.05) is 13.2 Å². The number of halogens is 1. The van der Waals surface area contributed by atoms with E-state index in [-0.39, 0.29) is 18.2 Å². The van der Waals surface area contributed by atoms with E-state index in [9.17, 15) is 17.6 Å². The number of rotatable bonds is 7. The number of nitrogens with one attached hydrogen (secondary N) is 1. The minimum atomic E-state index is -3.83. The van der Waals surface area contributed by atoms with Gasteiger partial charge in [0.25, 0.3) is 0 Å². The molecule has 1 aromatic carbocycles. The van der Waals surface area contributed by atoms with Gasteiger partial charge in [-0.3, -0.25) is 9.10 Å². The number of hydrogen-bond donors (Lipinski definition) is 1. The molecule has 1 amide bonds. The Bertz CT molecular complexity index is 674. The number of carbonyl (C=O) groups excluding carboxylic acids is 1. The van der Waals surface area contributed by atoms with Crippen LogP contribution in [0.3, 0.4) is 0 Å². The summed E-state index contributed by atoms with van der Waals surface area (Å²) in [6.07, 6.45) is 2.95. The molecular formula is C16H23FN2O4S. The van der Waals surface area contributed by atoms with Crippen LogP contribution in [0, 0.1) is 5.82 Å². The number of sulfonamides is 1. The van der Waals surface area contributed by atoms with Crippen molar-refractivity contribution in [1.29, 1.82) is 0 Å². The Morgan fingerprint density at radius 1 is 1.46 bits per heavy atom. The van der Waals surface area contributed by atoms with Gasteiger partial charge in [-0.2, -0.15) is 0 Å². The van der Waals surface area contributed by atoms with Crippen molar-refractivity contribution in [2.75, 3.05) is 23.7 Å². The normalized spacial score (nSPS) is 19.0. The fourth-order valence-corrected chi connectivity index (χ4v) is 4.02. The van der Waals surface area contributed by atoms with E-state index in [4.69, 9.17) is 4.74 Å². The number of nitrogens with zero attached hydrogens (tertiary/aromatic N) is 1. The van der Waals surface area contributed by atoms with Gasteiger partial charge in [0.1, 0.15) is 11.9 Å². The summed E-state index contributed by atoms with van der Waals surface area (Å²) in [6, 6.07) is 4.51. The Morgan fingerprint density at radius 2 is 2.17 bits per heavy atom. The van der Waals surface area contributed by atoms with Crippen LogP contribution in [0.1, 0.15) is 26.2 Å². The fraction of sp³-hybridized carbons (Fsp3) is 0.562. The molecule has 0 unspecified atom stereocenters. The van der Waals surface area contributed by atoms with E-state index in [1.165, 1.54) is 24.3 Å². The molecule has 1 aromatic rings. The summed E-state index contributed by atoms with van der Waals surface area (Å²) in [5.74, 6) is -1.14. The average Bonchev–Trinajstić information content (AvgIpc) is 3.03. The molecule has 0 bridgehead atoms. The number of carbonyl (C=O) groups is 1. The summed E-state index contributed by atoms with van der Waals surface area (Å²) in [5, 5.41) is 2.72. The van der Waals surface area contributed by atoms with Crippen LogP contribution in [0.5, 0.6) is 0 Å². The van der Waals surface area contributed by atoms with Gasteiger partial charge in [-0.05, 0) is 31.4 Å². The van der Waals surface area contributed by atoms with E-state index in [1.807, 2.05) is 0 Å². The first-order valence-corrected chi connectivity index (χ1v) is 9.82. The lowest BCUT2D eigenvalue weighted by molar-refractivity contribution is -0.122. The number of amides is 1. The Labute approximate surface area is 142 Å². The molecule has 2 atom stereocenters. The van der Waals surface area contributed by atoms with Gasteiger partial charge in [-0.1, -0.05) is 19.1 Å². The second-order valence-electron chi connectivity index (χ2n) is 5.81. The summed E-state index contributed by atoms with van der Waals surface area (Å²) >= 11 is 0. The first-order valence-electron chi connectivity index (χ1n) is 7.97. The molecule has 8 heteroatoms. The van der Waals surface area contributed by atoms with Crippen molar-refractivity contribution >= 4 is 21.6 Å². The molecule has 1 heterocycles. The highest BCUT2D eigenvalue weighted by atomic mass is 32.2. The zero-order chi connectivity index (χ0) is 17.7. The SMILES string of the molecule is CC[C@H](C(=O)NC[C@H]1CCCO1)N(c1ccccc1F)S(C)(=O)=O. The Morgan fingerprint density at radius 3 is 2.71 bits per heavy atom. The van der Waals surface area contributed by atoms with Crippen LogP contribution in [0.25, 0.3) is 0 Å². The summed E-state index contributed by atoms with van der Waals surface area (Å²) in [4.78, 5) is 12.5. The van der Waals surface area contributed by atoms with Crippen LogP contribution < -0.4 is 9.62 Å². The van der Waals surface area contributed by atoms with Crippen molar-refractivity contribution in [3.8, 4) is 0 Å². The van der Waals surface area contributed by atoms with Crippen molar-refractivity contribution in [3.05, 3.63) is 30.1 Å². The molecular weight excluding hydrogens is 335 g/mol. The Hall–Kier alpha value is -1.67. The van der Waals surface area contributed by atoms with Crippen molar-refractivity contribution < 1.29 is 22.3 Å². The van der Waals surface area contributed by atoms with Gasteiger partial charge in [0.2, 0.25) is 15.9 Å². The lowest BCUT2D eigenvalue weighted by atomic mass is 10.1. The zero-order valence-electron chi connectivity index (χ0n) is 13.9. The first-order chi connectivity index (χ1) is 11.3. The van der Waals surface area contributed by atoms with Crippen LogP contribution in [0.15, 0.2) is 24.3 Å². The molecule has 1 saturated heterocycles. The van der Waals surface area contributed by atoms with Gasteiger partial charge in [-0.25, -0.2) is 12.8 Å². The predicted octanol–water partition coefficient (Wildman–Crippen LogP) is 1.67. The predicted molar refractivity (Wildman–Crippen MR) is 89.8 cm³/mol. The molecule has 1 N–H and O–H groups in total. The average molecular weight is 358 g/mol. The summed E-state index contributed by atoms with van der Waals surface area (Å²) in [6.45, 7) is 2.68. The third-order valence-electron chi connectivity index (χ3n) is 3.95. The summed E-state index contributed by atoms with van der Waals surface area (Å²) in [5.41, 5.74) is -0.126. The number of para-hydroxylation sites is 1. The molecule has 134 valence electrons. The Kier molecular flexibility index (Phi) is 6.17. The fourth-order valence-electron chi connectivity index (χ4n) is 2.80. The molecule has 6 nitrogen and oxygen atoms in total. The highest BCUT2D eigenvalue weighted by Crippen LogP contribution is 2.25. The standard InChI is InChI=1S/C16H23FN2O4S/c1-3-14(16(20)18-11-12-7-6-10-23-12)19(24(2,21)22)15-9-5-4-8-13(15)17/h4-5,8-9,12,14H,3,6-7,10-11H2,1-2H3,(H,18,20)/t12-,14-/m1/s1. The van der Waals surface area contributed by atoms with Gasteiger partial charge in [0.15, 0.2) is 0 Å². The van der Waals surface area contributed by atoms with Crippen molar-refractivity contribution in [2.45, 2.75) is 38.3 Å². The third-order valence-corrected chi connectivity index (χ3v) is 5.11. The van der Waals surface area contributed by atoms with Crippen molar-refractivity contribution in [1.82, 2.24) is 5.32 Å². The minimum Gasteiger partial charge on any atom is -0.376 e. The highest BCUT2D eigenvalue weighted by molar-refractivity contribution is 7.92. The van der Waals surface area contributed by atoms with Crippen LogP contribution >= 0.6 is 0 Å². The topological polar surface area (TPSA) is 75.7 Å². The van der Waals surface area contributed by atoms with Crippen LogP contribution in [0.2, 0.25) is 0 Å². The maximum absolute atomic E-state index is 14.1. The molecule has 1 aliphatic rings. The molecule has 24 heavy (non-hydrogen) atoms. The molecule has 0 aliphatic carbocycles. The van der Waals surface area contributed by atoms with Gasteiger partial charge in [-0.15, -0.1) is 0 Å². The monoisotopic (exact) mass is 358 g/mol. The Balaban J connectivity index is 2.22. The van der Waals surface area contributed by atoms with E-state index < -0.39 is 27.8 Å². The second kappa shape index (κ2) is 7.94. The zero-order valence-corrected chi connectivity index (χ0v) is 14.7. The van der Waals surface area contributed by atoms with Crippen molar-refractivity contribution in [2.24, 2.45) is 0 Å². The van der Waals surface area contributed by atoms with E-state index in [1.54, 1.807) is 6.92 Å². The molecule has 1 aliphatic heterocycles. The van der Waals surface area contributed by atoms with Crippen molar-refractivity contribution in [3.63, 3.8) is 0 Å². The second-order valence-corrected chi connectivity index (χ2v) is 7.67. The number of anilines is 1. The smallest absolute Gasteiger partial charge is 0.243 e. The maximum Gasteiger partial charge on any atom is 0.243 e. The van der Waals surface area contributed by atoms with Gasteiger partial charge in [0.05, 0.1) is 18.0 Å². The first kappa shape index (κ1) is 18.7. The highest BCUT2D eigenvalue weighted by Gasteiger charge is 2.33. The molecule has 0 spiro atoms. The van der Waals surface area contributed by atoms with Crippen LogP contribution in [0.4, 0.5) is 10.1 Å². The lowest BCUT2D eigenvalue weighted by Crippen LogP contribution is -2.50. The summed E-state index contributed by atoms with van der Waals surface area (Å²) < 4.78 is 44.8. The number of hydrogen-bond acceptors (Lipinski definition) is 4. The number of benzene rings is 1. The quantitative estimate of drug-likeness (QED) is 0.804. The molecule has 0 radical (unpaired) electrons. The molecule has 0 aromatic heterocycles. The largest absolute Gasteiger partial charge is 0.376 e. The van der Waals surface area contributed by atoms with E-state index in [2.05, 4.69) is 5.32 Å². The van der Waals surface area contributed by atoms with Crippen LogP contribution in [-0.4, -0.2) is 45.9 Å². The molecule has 1 fully saturated rings. The molecule has 2 rings (SSSR count). The van der Waals surface area contributed by atoms with Crippen LogP contribution in [-0.2, 0) is 19.6 Å². The molecule has 0 saturated carbocycles. The van der Waals surface area contributed by atoms with Gasteiger partial charge >= 0.3 is 0 Å². The van der Waals surface area contributed by atoms with E-state index >= 15 is 0 Å². The third kappa shape index (κ3) is 4.45. The van der Waals surface area contributed by atoms with E-state index in [0.717, 1.165) is 23.4 Å². The lowest BCUT2D eigenvalue weighted by Gasteiger charge is -2.30. The van der Waals surface area contributed by atoms with E-state index in [0.29, 0.717) is 13.2 Å². The number of ether oxygens (including phenoxy) is 1. The summed E-state index contributed by atoms with van der Waals surface area (Å²) in [7, 11) is -3.83. The maximum atomic E-state index is 14.1.